The van der Waals surface area contributed by atoms with Crippen molar-refractivity contribution in [3.05, 3.63) is 22.8 Å². The molecule has 2 N–H and O–H groups in total. The van der Waals surface area contributed by atoms with E-state index in [0.717, 1.165) is 19.3 Å². The Bertz CT molecular complexity index is 580. The van der Waals surface area contributed by atoms with Crippen LogP contribution in [0, 0.1) is 11.8 Å². The highest BCUT2D eigenvalue weighted by atomic mass is 79.9. The molecule has 21 heavy (non-hydrogen) atoms. The number of carbonyl (C=O) groups excluding carboxylic acids is 1. The summed E-state index contributed by atoms with van der Waals surface area (Å²) in [4.78, 5) is 29.3. The van der Waals surface area contributed by atoms with Gasteiger partial charge in [-0.05, 0) is 52.7 Å². The lowest BCUT2D eigenvalue weighted by Gasteiger charge is -2.24. The van der Waals surface area contributed by atoms with Crippen molar-refractivity contribution >= 4 is 33.7 Å². The number of likely N-dealkylation sites (tertiary alicyclic amines) is 1. The summed E-state index contributed by atoms with van der Waals surface area (Å²) in [5.41, 5.74) is 0. The quantitative estimate of drug-likeness (QED) is 0.800. The van der Waals surface area contributed by atoms with Crippen molar-refractivity contribution in [2.24, 2.45) is 11.8 Å². The maximum atomic E-state index is 12.5. The molecular formula is C14H16BrN3O3. The van der Waals surface area contributed by atoms with Gasteiger partial charge in [-0.3, -0.25) is 9.69 Å². The number of carbonyl (C=O) groups is 2. The summed E-state index contributed by atoms with van der Waals surface area (Å²) in [6.45, 7) is 0.462. The summed E-state index contributed by atoms with van der Waals surface area (Å²) < 4.78 is 0.626. The van der Waals surface area contributed by atoms with E-state index >= 15 is 0 Å². The molecule has 1 aliphatic carbocycles. The highest BCUT2D eigenvalue weighted by Gasteiger charge is 2.49. The third-order valence-electron chi connectivity index (χ3n) is 4.37. The van der Waals surface area contributed by atoms with Gasteiger partial charge in [-0.1, -0.05) is 12.5 Å². The summed E-state index contributed by atoms with van der Waals surface area (Å²) in [5.74, 6) is 0.596. The van der Waals surface area contributed by atoms with E-state index in [2.05, 4.69) is 26.2 Å². The second-order valence-corrected chi connectivity index (χ2v) is 6.38. The van der Waals surface area contributed by atoms with Crippen LogP contribution in [0.1, 0.15) is 19.3 Å². The fraction of sp³-hybridized carbons (Fsp3) is 0.500. The Morgan fingerprint density at radius 3 is 2.90 bits per heavy atom. The topological polar surface area (TPSA) is 82.5 Å². The average Bonchev–Trinajstić information content (AvgIpc) is 2.97. The molecule has 112 valence electrons. The van der Waals surface area contributed by atoms with Gasteiger partial charge >= 0.3 is 6.09 Å². The molecule has 1 aliphatic heterocycles. The van der Waals surface area contributed by atoms with E-state index in [-0.39, 0.29) is 11.8 Å². The van der Waals surface area contributed by atoms with Gasteiger partial charge in [-0.2, -0.15) is 0 Å². The van der Waals surface area contributed by atoms with Crippen LogP contribution in [0.2, 0.25) is 0 Å². The van der Waals surface area contributed by atoms with E-state index in [1.54, 1.807) is 18.2 Å². The van der Waals surface area contributed by atoms with E-state index < -0.39 is 12.1 Å². The summed E-state index contributed by atoms with van der Waals surface area (Å²) in [6.07, 6.45) is 1.97. The summed E-state index contributed by atoms with van der Waals surface area (Å²) >= 11 is 3.25. The van der Waals surface area contributed by atoms with Crippen molar-refractivity contribution in [3.63, 3.8) is 0 Å². The first-order chi connectivity index (χ1) is 10.1. The fourth-order valence-corrected chi connectivity index (χ4v) is 3.86. The SMILES string of the molecule is O=C(Nc1cccc(Br)n1)C1C2CCCC2CN1C(=O)O. The molecule has 0 aromatic carbocycles. The van der Waals surface area contributed by atoms with Gasteiger partial charge in [0.1, 0.15) is 16.5 Å². The normalized spacial score (nSPS) is 27.5. The molecule has 7 heteroatoms. The standard InChI is InChI=1S/C14H16BrN3O3/c15-10-5-2-6-11(16-10)17-13(19)12-9-4-1-3-8(9)7-18(12)14(20)21/h2,5-6,8-9,12H,1,3-4,7H2,(H,20,21)(H,16,17,19). The molecule has 6 nitrogen and oxygen atoms in total. The molecule has 0 bridgehead atoms. The Morgan fingerprint density at radius 1 is 1.38 bits per heavy atom. The van der Waals surface area contributed by atoms with E-state index in [1.807, 2.05) is 0 Å². The van der Waals surface area contributed by atoms with Crippen molar-refractivity contribution in [1.29, 1.82) is 0 Å². The Hall–Kier alpha value is -1.63. The van der Waals surface area contributed by atoms with Crippen LogP contribution in [-0.2, 0) is 4.79 Å². The third-order valence-corrected chi connectivity index (χ3v) is 4.81. The lowest BCUT2D eigenvalue weighted by molar-refractivity contribution is -0.121. The molecule has 2 heterocycles. The van der Waals surface area contributed by atoms with Gasteiger partial charge in [-0.15, -0.1) is 0 Å². The zero-order chi connectivity index (χ0) is 15.0. The van der Waals surface area contributed by atoms with E-state index in [0.29, 0.717) is 22.9 Å². The lowest BCUT2D eigenvalue weighted by Crippen LogP contribution is -2.45. The van der Waals surface area contributed by atoms with Crippen LogP contribution in [0.3, 0.4) is 0 Å². The van der Waals surface area contributed by atoms with E-state index in [1.165, 1.54) is 4.90 Å². The Labute approximate surface area is 130 Å². The van der Waals surface area contributed by atoms with Crippen molar-refractivity contribution in [3.8, 4) is 0 Å². The number of rotatable bonds is 2. The van der Waals surface area contributed by atoms with Crippen molar-refractivity contribution in [1.82, 2.24) is 9.88 Å². The van der Waals surface area contributed by atoms with Crippen LogP contribution < -0.4 is 5.32 Å². The molecular weight excluding hydrogens is 338 g/mol. The Kier molecular flexibility index (Phi) is 3.84. The van der Waals surface area contributed by atoms with Gasteiger partial charge in [0.15, 0.2) is 0 Å². The first-order valence-corrected chi connectivity index (χ1v) is 7.78. The smallest absolute Gasteiger partial charge is 0.407 e. The third kappa shape index (κ3) is 2.74. The van der Waals surface area contributed by atoms with Crippen LogP contribution >= 0.6 is 15.9 Å². The van der Waals surface area contributed by atoms with Crippen LogP contribution in [0.5, 0.6) is 0 Å². The minimum Gasteiger partial charge on any atom is -0.465 e. The van der Waals surface area contributed by atoms with Gasteiger partial charge in [0.25, 0.3) is 0 Å². The average molecular weight is 354 g/mol. The molecule has 3 rings (SSSR count). The van der Waals surface area contributed by atoms with Gasteiger partial charge in [0, 0.05) is 6.54 Å². The monoisotopic (exact) mass is 353 g/mol. The number of anilines is 1. The number of carboxylic acid groups (broad SMARTS) is 1. The fourth-order valence-electron chi connectivity index (χ4n) is 3.52. The summed E-state index contributed by atoms with van der Waals surface area (Å²) in [5, 5.41) is 12.1. The molecule has 0 spiro atoms. The maximum absolute atomic E-state index is 12.5. The molecule has 0 radical (unpaired) electrons. The highest BCUT2D eigenvalue weighted by molar-refractivity contribution is 9.10. The minimum atomic E-state index is -1.02. The van der Waals surface area contributed by atoms with Crippen molar-refractivity contribution in [2.75, 3.05) is 11.9 Å². The molecule has 1 aromatic rings. The number of amides is 2. The molecule has 1 saturated carbocycles. The number of nitrogens with one attached hydrogen (secondary N) is 1. The number of hydrogen-bond acceptors (Lipinski definition) is 3. The van der Waals surface area contributed by atoms with Crippen molar-refractivity contribution < 1.29 is 14.7 Å². The number of nitrogens with zero attached hydrogens (tertiary/aromatic N) is 2. The largest absolute Gasteiger partial charge is 0.465 e. The zero-order valence-corrected chi connectivity index (χ0v) is 12.9. The number of halogens is 1. The lowest BCUT2D eigenvalue weighted by atomic mass is 9.93. The zero-order valence-electron chi connectivity index (χ0n) is 11.3. The van der Waals surface area contributed by atoms with Gasteiger partial charge in [0.05, 0.1) is 0 Å². The molecule has 3 unspecified atom stereocenters. The van der Waals surface area contributed by atoms with Crippen LogP contribution in [-0.4, -0.2) is 39.6 Å². The second kappa shape index (κ2) is 5.63. The minimum absolute atomic E-state index is 0.133. The maximum Gasteiger partial charge on any atom is 0.407 e. The predicted molar refractivity (Wildman–Crippen MR) is 79.9 cm³/mol. The van der Waals surface area contributed by atoms with Gasteiger partial charge in [0.2, 0.25) is 5.91 Å². The summed E-state index contributed by atoms with van der Waals surface area (Å²) in [7, 11) is 0. The number of aromatic nitrogens is 1. The van der Waals surface area contributed by atoms with E-state index in [9.17, 15) is 14.7 Å². The molecule has 1 aromatic heterocycles. The summed E-state index contributed by atoms with van der Waals surface area (Å²) in [6, 6.07) is 4.63. The van der Waals surface area contributed by atoms with Crippen LogP contribution in [0.4, 0.5) is 10.6 Å². The second-order valence-electron chi connectivity index (χ2n) is 5.57. The van der Waals surface area contributed by atoms with Crippen LogP contribution in [0.15, 0.2) is 22.8 Å². The molecule has 3 atom stereocenters. The van der Waals surface area contributed by atoms with Crippen molar-refractivity contribution in [2.45, 2.75) is 25.3 Å². The van der Waals surface area contributed by atoms with Crippen LogP contribution in [0.25, 0.3) is 0 Å². The molecule has 2 aliphatic rings. The Balaban J connectivity index is 1.79. The molecule has 2 fully saturated rings. The predicted octanol–water partition coefficient (Wildman–Crippen LogP) is 2.56. The van der Waals surface area contributed by atoms with Gasteiger partial charge < -0.3 is 10.4 Å². The van der Waals surface area contributed by atoms with Gasteiger partial charge in [-0.25, -0.2) is 9.78 Å². The number of hydrogen-bond donors (Lipinski definition) is 2. The first kappa shape index (κ1) is 14.3. The Morgan fingerprint density at radius 2 is 2.19 bits per heavy atom. The highest BCUT2D eigenvalue weighted by Crippen LogP contribution is 2.42. The number of pyridine rings is 1. The molecule has 1 saturated heterocycles. The first-order valence-electron chi connectivity index (χ1n) is 6.99. The molecule has 2 amide bonds. The number of fused-ring (bicyclic) bond motifs is 1. The van der Waals surface area contributed by atoms with E-state index in [4.69, 9.17) is 0 Å².